The number of halogens is 3. The van der Waals surface area contributed by atoms with E-state index in [0.717, 1.165) is 11.3 Å². The van der Waals surface area contributed by atoms with Gasteiger partial charge in [-0.3, -0.25) is 0 Å². The number of benzene rings is 1. The number of alkyl halides is 2. The van der Waals surface area contributed by atoms with E-state index in [2.05, 4.69) is 4.98 Å². The van der Waals surface area contributed by atoms with Crippen molar-refractivity contribution in [3.63, 3.8) is 0 Å². The highest BCUT2D eigenvalue weighted by molar-refractivity contribution is 6.33. The molecule has 0 amide bonds. The van der Waals surface area contributed by atoms with Crippen molar-refractivity contribution in [3.8, 4) is 11.3 Å². The summed E-state index contributed by atoms with van der Waals surface area (Å²) in [6.45, 7) is 0. The third kappa shape index (κ3) is 2.02. The molecule has 0 aliphatic heterocycles. The van der Waals surface area contributed by atoms with Gasteiger partial charge in [0.15, 0.2) is 0 Å². The van der Waals surface area contributed by atoms with Crippen LogP contribution in [0.25, 0.3) is 11.3 Å². The van der Waals surface area contributed by atoms with E-state index >= 15 is 0 Å². The standard InChI is InChI=1S/C11H8ClF2N/c12-9-6-7(11(13)14)3-4-8(9)10-2-1-5-15-10/h1-6,11,15H. The molecule has 4 heteroatoms. The Morgan fingerprint density at radius 3 is 2.53 bits per heavy atom. The monoisotopic (exact) mass is 227 g/mol. The van der Waals surface area contributed by atoms with Crippen LogP contribution >= 0.6 is 11.6 Å². The van der Waals surface area contributed by atoms with Crippen molar-refractivity contribution in [1.82, 2.24) is 4.98 Å². The number of hydrogen-bond acceptors (Lipinski definition) is 0. The van der Waals surface area contributed by atoms with E-state index in [9.17, 15) is 8.78 Å². The van der Waals surface area contributed by atoms with Crippen molar-refractivity contribution >= 4 is 11.6 Å². The van der Waals surface area contributed by atoms with E-state index in [1.807, 2.05) is 12.1 Å². The Hall–Kier alpha value is -1.35. The van der Waals surface area contributed by atoms with Crippen molar-refractivity contribution in [3.05, 3.63) is 47.1 Å². The van der Waals surface area contributed by atoms with Crippen molar-refractivity contribution < 1.29 is 8.78 Å². The fourth-order valence-electron chi connectivity index (χ4n) is 1.38. The number of aromatic amines is 1. The highest BCUT2D eigenvalue weighted by Crippen LogP contribution is 2.30. The Morgan fingerprint density at radius 2 is 2.00 bits per heavy atom. The highest BCUT2D eigenvalue weighted by atomic mass is 35.5. The first-order valence-corrected chi connectivity index (χ1v) is 4.77. The SMILES string of the molecule is FC(F)c1ccc(-c2ccc[nH]2)c(Cl)c1. The Bertz CT molecular complexity index is 452. The predicted molar refractivity (Wildman–Crippen MR) is 56.2 cm³/mol. The molecule has 1 aromatic carbocycles. The maximum Gasteiger partial charge on any atom is 0.263 e. The van der Waals surface area contributed by atoms with Crippen LogP contribution in [0.4, 0.5) is 8.78 Å². The van der Waals surface area contributed by atoms with Gasteiger partial charge < -0.3 is 4.98 Å². The van der Waals surface area contributed by atoms with Crippen molar-refractivity contribution in [2.45, 2.75) is 6.43 Å². The highest BCUT2D eigenvalue weighted by Gasteiger charge is 2.10. The summed E-state index contributed by atoms with van der Waals surface area (Å²) >= 11 is 5.91. The van der Waals surface area contributed by atoms with E-state index in [1.165, 1.54) is 12.1 Å². The van der Waals surface area contributed by atoms with Crippen LogP contribution in [0.5, 0.6) is 0 Å². The average Bonchev–Trinajstić information content (AvgIpc) is 2.70. The number of hydrogen-bond donors (Lipinski definition) is 1. The van der Waals surface area contributed by atoms with Gasteiger partial charge in [-0.1, -0.05) is 23.7 Å². The fourth-order valence-corrected chi connectivity index (χ4v) is 1.67. The molecule has 0 spiro atoms. The summed E-state index contributed by atoms with van der Waals surface area (Å²) in [7, 11) is 0. The van der Waals surface area contributed by atoms with E-state index in [-0.39, 0.29) is 5.56 Å². The molecule has 0 fully saturated rings. The van der Waals surface area contributed by atoms with Crippen LogP contribution in [0.1, 0.15) is 12.0 Å². The zero-order chi connectivity index (χ0) is 10.8. The van der Waals surface area contributed by atoms with Crippen LogP contribution in [0.15, 0.2) is 36.5 Å². The maximum atomic E-state index is 12.4. The largest absolute Gasteiger partial charge is 0.361 e. The molecule has 2 aromatic rings. The molecule has 0 atom stereocenters. The Labute approximate surface area is 90.7 Å². The van der Waals surface area contributed by atoms with Gasteiger partial charge in [-0.15, -0.1) is 0 Å². The summed E-state index contributed by atoms with van der Waals surface area (Å²) in [5.74, 6) is 0. The number of H-pyrrole nitrogens is 1. The molecule has 1 nitrogen and oxygen atoms in total. The normalized spacial score (nSPS) is 10.9. The van der Waals surface area contributed by atoms with Gasteiger partial charge in [-0.05, 0) is 18.2 Å². The van der Waals surface area contributed by atoms with Crippen LogP contribution in [-0.2, 0) is 0 Å². The zero-order valence-corrected chi connectivity index (χ0v) is 8.43. The summed E-state index contributed by atoms with van der Waals surface area (Å²) in [4.78, 5) is 2.97. The molecule has 0 saturated carbocycles. The molecule has 0 bridgehead atoms. The van der Waals surface area contributed by atoms with Crippen molar-refractivity contribution in [2.75, 3.05) is 0 Å². The molecule has 1 N–H and O–H groups in total. The lowest BCUT2D eigenvalue weighted by Gasteiger charge is -2.05. The molecule has 0 saturated heterocycles. The third-order valence-electron chi connectivity index (χ3n) is 2.13. The van der Waals surface area contributed by atoms with Gasteiger partial charge >= 0.3 is 0 Å². The van der Waals surface area contributed by atoms with E-state index in [1.54, 1.807) is 12.3 Å². The summed E-state index contributed by atoms with van der Waals surface area (Å²) in [6.07, 6.45) is -0.729. The van der Waals surface area contributed by atoms with Crippen LogP contribution in [0.2, 0.25) is 5.02 Å². The second-order valence-corrected chi connectivity index (χ2v) is 3.53. The quantitative estimate of drug-likeness (QED) is 0.789. The molecular weight excluding hydrogens is 220 g/mol. The van der Waals surface area contributed by atoms with Gasteiger partial charge in [0.05, 0.1) is 5.02 Å². The summed E-state index contributed by atoms with van der Waals surface area (Å²) in [6, 6.07) is 7.93. The first kappa shape index (κ1) is 10.2. The van der Waals surface area contributed by atoms with E-state index in [0.29, 0.717) is 5.02 Å². The summed E-state index contributed by atoms with van der Waals surface area (Å²) in [5, 5.41) is 0.329. The van der Waals surface area contributed by atoms with Crippen molar-refractivity contribution in [2.24, 2.45) is 0 Å². The van der Waals surface area contributed by atoms with Crippen LogP contribution in [0.3, 0.4) is 0 Å². The van der Waals surface area contributed by atoms with Crippen LogP contribution in [-0.4, -0.2) is 4.98 Å². The van der Waals surface area contributed by atoms with Gasteiger partial charge in [0, 0.05) is 23.0 Å². The lowest BCUT2D eigenvalue weighted by molar-refractivity contribution is 0.151. The van der Waals surface area contributed by atoms with Gasteiger partial charge in [0.25, 0.3) is 6.43 Å². The smallest absolute Gasteiger partial charge is 0.263 e. The Morgan fingerprint density at radius 1 is 1.20 bits per heavy atom. The Balaban J connectivity index is 2.44. The molecule has 0 aliphatic carbocycles. The van der Waals surface area contributed by atoms with Gasteiger partial charge in [-0.2, -0.15) is 0 Å². The molecule has 1 aromatic heterocycles. The maximum absolute atomic E-state index is 12.4. The lowest BCUT2D eigenvalue weighted by Crippen LogP contribution is -1.86. The van der Waals surface area contributed by atoms with Gasteiger partial charge in [0.1, 0.15) is 0 Å². The molecule has 15 heavy (non-hydrogen) atoms. The van der Waals surface area contributed by atoms with Crippen LogP contribution < -0.4 is 0 Å². The van der Waals surface area contributed by atoms with E-state index < -0.39 is 6.43 Å². The number of nitrogens with one attached hydrogen (secondary N) is 1. The second kappa shape index (κ2) is 4.03. The van der Waals surface area contributed by atoms with Gasteiger partial charge in [0.2, 0.25) is 0 Å². The molecular formula is C11H8ClF2N. The molecule has 2 rings (SSSR count). The van der Waals surface area contributed by atoms with E-state index in [4.69, 9.17) is 11.6 Å². The topological polar surface area (TPSA) is 15.8 Å². The third-order valence-corrected chi connectivity index (χ3v) is 2.45. The molecule has 0 aliphatic rings. The fraction of sp³-hybridized carbons (Fsp3) is 0.0909. The van der Waals surface area contributed by atoms with Crippen LogP contribution in [0, 0.1) is 0 Å². The average molecular weight is 228 g/mol. The lowest BCUT2D eigenvalue weighted by atomic mass is 10.1. The minimum Gasteiger partial charge on any atom is -0.361 e. The van der Waals surface area contributed by atoms with Gasteiger partial charge in [-0.25, -0.2) is 8.78 Å². The molecule has 78 valence electrons. The second-order valence-electron chi connectivity index (χ2n) is 3.12. The Kier molecular flexibility index (Phi) is 2.73. The molecule has 1 heterocycles. The van der Waals surface area contributed by atoms with Crippen molar-refractivity contribution in [1.29, 1.82) is 0 Å². The minimum absolute atomic E-state index is 0.0599. The predicted octanol–water partition coefficient (Wildman–Crippen LogP) is 4.27. The molecule has 0 radical (unpaired) electrons. The summed E-state index contributed by atoms with van der Waals surface area (Å²) < 4.78 is 24.7. The first-order valence-electron chi connectivity index (χ1n) is 4.40. The number of aromatic nitrogens is 1. The molecule has 0 unspecified atom stereocenters. The first-order chi connectivity index (χ1) is 7.18. The minimum atomic E-state index is -2.49. The summed E-state index contributed by atoms with van der Waals surface area (Å²) in [5.41, 5.74) is 1.49. The number of rotatable bonds is 2. The zero-order valence-electron chi connectivity index (χ0n) is 7.68.